The fourth-order valence-electron chi connectivity index (χ4n) is 3.69. The number of aromatic nitrogens is 1. The summed E-state index contributed by atoms with van der Waals surface area (Å²) < 4.78 is 44.4. The Labute approximate surface area is 203 Å². The number of pyridine rings is 1. The van der Waals surface area contributed by atoms with Crippen LogP contribution in [0.1, 0.15) is 22.8 Å². The van der Waals surface area contributed by atoms with Gasteiger partial charge in [-0.1, -0.05) is 17.7 Å². The third-order valence-electron chi connectivity index (χ3n) is 5.31. The van der Waals surface area contributed by atoms with Crippen LogP contribution >= 0.6 is 11.6 Å². The van der Waals surface area contributed by atoms with Crippen LogP contribution in [0.5, 0.6) is 5.75 Å². The topological polar surface area (TPSA) is 83.6 Å². The van der Waals surface area contributed by atoms with Crippen LogP contribution in [0.2, 0.25) is 5.02 Å². The van der Waals surface area contributed by atoms with Gasteiger partial charge >= 0.3 is 6.18 Å². The molecule has 1 aliphatic rings. The van der Waals surface area contributed by atoms with Gasteiger partial charge in [0.25, 0.3) is 5.91 Å². The van der Waals surface area contributed by atoms with Gasteiger partial charge in [0.15, 0.2) is 11.6 Å². The maximum atomic E-state index is 13.0. The number of alkyl halides is 3. The quantitative estimate of drug-likeness (QED) is 0.508. The van der Waals surface area contributed by atoms with Crippen molar-refractivity contribution in [2.45, 2.75) is 19.1 Å². The molecule has 7 nitrogen and oxygen atoms in total. The van der Waals surface area contributed by atoms with E-state index in [4.69, 9.17) is 16.3 Å². The number of para-hydroxylation sites is 1. The average Bonchev–Trinajstić information content (AvgIpc) is 2.82. The van der Waals surface area contributed by atoms with Crippen molar-refractivity contribution < 1.29 is 27.5 Å². The SMILES string of the molecule is CC(=O)NCC1COc2c(C(=O)Nc3ccc(C(F)(F)F)cc3)cccc2N1c1ncccc1Cl. The summed E-state index contributed by atoms with van der Waals surface area (Å²) in [6.07, 6.45) is -2.90. The van der Waals surface area contributed by atoms with E-state index >= 15 is 0 Å². The standard InChI is InChI=1S/C24H20ClF3N4O3/c1-14(33)30-12-17-13-35-21-18(23(34)31-16-9-7-15(8-10-16)24(26,27)28)4-2-6-20(21)32(17)22-19(25)5-3-11-29-22/h2-11,17H,12-13H2,1H3,(H,30,33)(H,31,34). The molecule has 2 aromatic carbocycles. The number of hydrogen-bond donors (Lipinski definition) is 2. The third kappa shape index (κ3) is 5.32. The van der Waals surface area contributed by atoms with Gasteiger partial charge in [-0.15, -0.1) is 0 Å². The molecule has 0 spiro atoms. The Morgan fingerprint density at radius 1 is 1.14 bits per heavy atom. The summed E-state index contributed by atoms with van der Waals surface area (Å²) in [6.45, 7) is 1.76. The Kier molecular flexibility index (Phi) is 6.83. The maximum absolute atomic E-state index is 13.0. The highest BCUT2D eigenvalue weighted by atomic mass is 35.5. The molecular formula is C24H20ClF3N4O3. The first-order valence-corrected chi connectivity index (χ1v) is 10.9. The van der Waals surface area contributed by atoms with E-state index in [1.54, 1.807) is 41.4 Å². The van der Waals surface area contributed by atoms with Crippen LogP contribution in [-0.2, 0) is 11.0 Å². The minimum absolute atomic E-state index is 0.116. The summed E-state index contributed by atoms with van der Waals surface area (Å²) in [7, 11) is 0. The zero-order chi connectivity index (χ0) is 25.2. The number of carbonyl (C=O) groups excluding carboxylic acids is 2. The number of nitrogens with one attached hydrogen (secondary N) is 2. The monoisotopic (exact) mass is 504 g/mol. The summed E-state index contributed by atoms with van der Waals surface area (Å²) >= 11 is 6.41. The molecule has 2 N–H and O–H groups in total. The summed E-state index contributed by atoms with van der Waals surface area (Å²) in [5, 5.41) is 5.73. The Hall–Kier alpha value is -3.79. The first-order chi connectivity index (χ1) is 16.6. The van der Waals surface area contributed by atoms with E-state index in [0.29, 0.717) is 16.5 Å². The Balaban J connectivity index is 1.67. The predicted molar refractivity (Wildman–Crippen MR) is 125 cm³/mol. The number of anilines is 3. The van der Waals surface area contributed by atoms with Gasteiger partial charge in [0, 0.05) is 25.4 Å². The fraction of sp³-hybridized carbons (Fsp3) is 0.208. The van der Waals surface area contributed by atoms with Gasteiger partial charge in [-0.3, -0.25) is 9.59 Å². The lowest BCUT2D eigenvalue weighted by molar-refractivity contribution is -0.137. The molecule has 11 heteroatoms. The molecule has 0 bridgehead atoms. The molecule has 0 saturated heterocycles. The van der Waals surface area contributed by atoms with Crippen LogP contribution in [0, 0.1) is 0 Å². The van der Waals surface area contributed by atoms with Crippen LogP contribution in [0.3, 0.4) is 0 Å². The molecule has 0 saturated carbocycles. The molecule has 4 rings (SSSR count). The Bertz CT molecular complexity index is 1250. The Morgan fingerprint density at radius 2 is 1.89 bits per heavy atom. The van der Waals surface area contributed by atoms with Gasteiger partial charge in [0.1, 0.15) is 6.61 Å². The van der Waals surface area contributed by atoms with Crippen molar-refractivity contribution in [1.82, 2.24) is 10.3 Å². The fourth-order valence-corrected chi connectivity index (χ4v) is 3.90. The minimum Gasteiger partial charge on any atom is -0.488 e. The van der Waals surface area contributed by atoms with E-state index in [1.807, 2.05) is 0 Å². The number of carbonyl (C=O) groups is 2. The highest BCUT2D eigenvalue weighted by Gasteiger charge is 2.34. The van der Waals surface area contributed by atoms with Gasteiger partial charge in [0.2, 0.25) is 5.91 Å². The molecule has 182 valence electrons. The largest absolute Gasteiger partial charge is 0.488 e. The second-order valence-electron chi connectivity index (χ2n) is 7.76. The summed E-state index contributed by atoms with van der Waals surface area (Å²) in [4.78, 5) is 30.7. The lowest BCUT2D eigenvalue weighted by Crippen LogP contribution is -2.48. The van der Waals surface area contributed by atoms with Gasteiger partial charge in [-0.2, -0.15) is 13.2 Å². The van der Waals surface area contributed by atoms with E-state index in [9.17, 15) is 22.8 Å². The summed E-state index contributed by atoms with van der Waals surface area (Å²) in [6, 6.07) is 12.1. The van der Waals surface area contributed by atoms with E-state index in [2.05, 4.69) is 15.6 Å². The number of halogens is 4. The molecule has 1 aromatic heterocycles. The predicted octanol–water partition coefficient (Wildman–Crippen LogP) is 5.04. The van der Waals surface area contributed by atoms with Crippen molar-refractivity contribution in [3.8, 4) is 5.75 Å². The molecule has 0 aliphatic carbocycles. The van der Waals surface area contributed by atoms with Crippen LogP contribution < -0.4 is 20.3 Å². The molecule has 3 aromatic rings. The van der Waals surface area contributed by atoms with Crippen LogP contribution in [0.15, 0.2) is 60.8 Å². The van der Waals surface area contributed by atoms with Crippen molar-refractivity contribution >= 4 is 40.6 Å². The smallest absolute Gasteiger partial charge is 0.416 e. The zero-order valence-corrected chi connectivity index (χ0v) is 19.2. The molecule has 1 aliphatic heterocycles. The first-order valence-electron chi connectivity index (χ1n) is 10.5. The lowest BCUT2D eigenvalue weighted by Gasteiger charge is -2.38. The van der Waals surface area contributed by atoms with Crippen molar-refractivity contribution in [3.63, 3.8) is 0 Å². The van der Waals surface area contributed by atoms with Crippen LogP contribution in [-0.4, -0.2) is 36.0 Å². The number of rotatable bonds is 5. The van der Waals surface area contributed by atoms with Crippen LogP contribution in [0.4, 0.5) is 30.4 Å². The molecule has 2 heterocycles. The maximum Gasteiger partial charge on any atom is 0.416 e. The number of benzene rings is 2. The highest BCUT2D eigenvalue weighted by Crippen LogP contribution is 2.42. The molecule has 2 amide bonds. The summed E-state index contributed by atoms with van der Waals surface area (Å²) in [5.41, 5.74) is 0.0679. The second-order valence-corrected chi connectivity index (χ2v) is 8.17. The van der Waals surface area contributed by atoms with Crippen molar-refractivity contribution in [3.05, 3.63) is 76.9 Å². The van der Waals surface area contributed by atoms with Gasteiger partial charge in [-0.05, 0) is 48.5 Å². The van der Waals surface area contributed by atoms with Crippen molar-refractivity contribution in [2.24, 2.45) is 0 Å². The number of amides is 2. The molecule has 0 fully saturated rings. The van der Waals surface area contributed by atoms with Crippen molar-refractivity contribution in [1.29, 1.82) is 0 Å². The number of fused-ring (bicyclic) bond motifs is 1. The van der Waals surface area contributed by atoms with E-state index in [-0.39, 0.29) is 42.1 Å². The number of nitrogens with zero attached hydrogens (tertiary/aromatic N) is 2. The van der Waals surface area contributed by atoms with E-state index < -0.39 is 17.6 Å². The van der Waals surface area contributed by atoms with E-state index in [1.165, 1.54) is 19.1 Å². The summed E-state index contributed by atoms with van der Waals surface area (Å²) in [5.74, 6) is -0.0893. The third-order valence-corrected chi connectivity index (χ3v) is 5.60. The van der Waals surface area contributed by atoms with E-state index in [0.717, 1.165) is 12.1 Å². The van der Waals surface area contributed by atoms with Crippen LogP contribution in [0.25, 0.3) is 0 Å². The zero-order valence-electron chi connectivity index (χ0n) is 18.4. The molecular weight excluding hydrogens is 485 g/mol. The molecule has 35 heavy (non-hydrogen) atoms. The second kappa shape index (κ2) is 9.83. The van der Waals surface area contributed by atoms with Gasteiger partial charge in [0.05, 0.1) is 27.9 Å². The molecule has 0 radical (unpaired) electrons. The number of hydrogen-bond acceptors (Lipinski definition) is 5. The van der Waals surface area contributed by atoms with Gasteiger partial charge in [-0.25, -0.2) is 4.98 Å². The molecule has 1 unspecified atom stereocenters. The Morgan fingerprint density at radius 3 is 2.54 bits per heavy atom. The minimum atomic E-state index is -4.47. The van der Waals surface area contributed by atoms with Gasteiger partial charge < -0.3 is 20.3 Å². The lowest BCUT2D eigenvalue weighted by atomic mass is 10.1. The normalized spacial score (nSPS) is 15.1. The highest BCUT2D eigenvalue weighted by molar-refractivity contribution is 6.33. The van der Waals surface area contributed by atoms with Crippen molar-refractivity contribution in [2.75, 3.05) is 23.4 Å². The average molecular weight is 505 g/mol. The number of ether oxygens (including phenoxy) is 1. The first kappa shape index (κ1) is 24.3. The molecule has 1 atom stereocenters.